The Labute approximate surface area is 212 Å². The summed E-state index contributed by atoms with van der Waals surface area (Å²) < 4.78 is 21.7. The molecule has 0 saturated heterocycles. The van der Waals surface area contributed by atoms with Gasteiger partial charge in [0.15, 0.2) is 0 Å². The highest BCUT2D eigenvalue weighted by Gasteiger charge is 2.34. The largest absolute Gasteiger partial charge is 0.491 e. The fourth-order valence-electron chi connectivity index (χ4n) is 4.74. The lowest BCUT2D eigenvalue weighted by Gasteiger charge is -2.38. The van der Waals surface area contributed by atoms with E-state index in [1.54, 1.807) is 27.0 Å². The van der Waals surface area contributed by atoms with Gasteiger partial charge in [-0.3, -0.25) is 15.0 Å². The van der Waals surface area contributed by atoms with Gasteiger partial charge < -0.3 is 19.8 Å². The van der Waals surface area contributed by atoms with Crippen molar-refractivity contribution in [2.24, 2.45) is 0 Å². The van der Waals surface area contributed by atoms with Gasteiger partial charge >= 0.3 is 11.8 Å². The van der Waals surface area contributed by atoms with Crippen LogP contribution in [-0.2, 0) is 6.42 Å². The third-order valence-corrected chi connectivity index (χ3v) is 6.44. The van der Waals surface area contributed by atoms with Crippen LogP contribution in [0.5, 0.6) is 5.75 Å². The maximum absolute atomic E-state index is 14.4. The first kappa shape index (κ1) is 26.1. The van der Waals surface area contributed by atoms with Crippen LogP contribution >= 0.6 is 0 Å². The van der Waals surface area contributed by atoms with Crippen molar-refractivity contribution in [3.05, 3.63) is 57.7 Å². The summed E-state index contributed by atoms with van der Waals surface area (Å²) in [6.45, 7) is 6.92. The summed E-state index contributed by atoms with van der Waals surface area (Å²) >= 11 is 0. The molecule has 2 N–H and O–H groups in total. The highest BCUT2D eigenvalue weighted by molar-refractivity contribution is 5.67. The number of carbonyl (C=O) groups is 1. The Morgan fingerprint density at radius 3 is 2.73 bits per heavy atom. The normalized spacial score (nSPS) is 14.9. The van der Waals surface area contributed by atoms with E-state index in [0.717, 1.165) is 16.7 Å². The Morgan fingerprint density at radius 2 is 2.11 bits per heavy atom. The SMILES string of the molecule is C[C@H](c1cc(F)ccc1OCC(CO)N(C(=O)O)C(C)(C)C)N1CCc2cn3ncc([N+](=O)[O-])c3nc21. The molecular formula is C24H29FN6O6. The lowest BCUT2D eigenvalue weighted by Crippen LogP contribution is -2.54. The summed E-state index contributed by atoms with van der Waals surface area (Å²) in [6, 6.07) is 2.76. The quantitative estimate of drug-likeness (QED) is 0.339. The molecule has 0 fully saturated rings. The van der Waals surface area contributed by atoms with Gasteiger partial charge in [0.1, 0.15) is 30.2 Å². The van der Waals surface area contributed by atoms with Crippen LogP contribution in [0.3, 0.4) is 0 Å². The highest BCUT2D eigenvalue weighted by atomic mass is 19.1. The van der Waals surface area contributed by atoms with E-state index in [4.69, 9.17) is 4.74 Å². The molecule has 0 radical (unpaired) electrons. The lowest BCUT2D eigenvalue weighted by atomic mass is 10.0. The van der Waals surface area contributed by atoms with E-state index in [2.05, 4.69) is 10.1 Å². The van der Waals surface area contributed by atoms with Crippen molar-refractivity contribution in [1.82, 2.24) is 19.5 Å². The van der Waals surface area contributed by atoms with Crippen LogP contribution in [0, 0.1) is 15.9 Å². The second kappa shape index (κ2) is 9.81. The van der Waals surface area contributed by atoms with Crippen LogP contribution in [0.4, 0.5) is 20.7 Å². The number of carboxylic acid groups (broad SMARTS) is 1. The lowest BCUT2D eigenvalue weighted by molar-refractivity contribution is -0.383. The standard InChI is InChI=1S/C24H29FN6O6/c1-14(28-8-7-15-11-29-22(27-21(15)28)19(10-26-29)31(35)36)18-9-16(25)5-6-20(18)37-13-17(12-32)30(23(33)34)24(2,3)4/h5-6,9-11,14,17,32H,7-8,12-13H2,1-4H3,(H,33,34)/t14-,17?/m1/s1. The summed E-state index contributed by atoms with van der Waals surface area (Å²) in [5.41, 5.74) is 0.452. The van der Waals surface area contributed by atoms with Gasteiger partial charge in [-0.1, -0.05) is 0 Å². The number of benzene rings is 1. The molecule has 0 bridgehead atoms. The second-order valence-corrected chi connectivity index (χ2v) is 9.92. The van der Waals surface area contributed by atoms with Crippen LogP contribution in [0.15, 0.2) is 30.6 Å². The van der Waals surface area contributed by atoms with Gasteiger partial charge in [0.25, 0.3) is 0 Å². The number of rotatable bonds is 8. The molecule has 1 amide bonds. The molecule has 3 aromatic rings. The predicted octanol–water partition coefficient (Wildman–Crippen LogP) is 3.42. The van der Waals surface area contributed by atoms with Crippen LogP contribution in [0.25, 0.3) is 5.65 Å². The van der Waals surface area contributed by atoms with Crippen molar-refractivity contribution < 1.29 is 29.1 Å². The molecule has 1 aromatic carbocycles. The Balaban J connectivity index is 1.64. The van der Waals surface area contributed by atoms with Gasteiger partial charge in [-0.2, -0.15) is 5.10 Å². The van der Waals surface area contributed by atoms with Crippen molar-refractivity contribution in [1.29, 1.82) is 0 Å². The fourth-order valence-corrected chi connectivity index (χ4v) is 4.74. The van der Waals surface area contributed by atoms with Gasteiger partial charge in [-0.15, -0.1) is 0 Å². The minimum absolute atomic E-state index is 0.111. The monoisotopic (exact) mass is 516 g/mol. The number of anilines is 1. The predicted molar refractivity (Wildman–Crippen MR) is 131 cm³/mol. The fraction of sp³-hybridized carbons (Fsp3) is 0.458. The molecule has 0 saturated carbocycles. The maximum Gasteiger partial charge on any atom is 0.408 e. The first-order valence-electron chi connectivity index (χ1n) is 11.8. The van der Waals surface area contributed by atoms with Gasteiger partial charge in [0, 0.05) is 29.4 Å². The summed E-state index contributed by atoms with van der Waals surface area (Å²) in [7, 11) is 0. The third-order valence-electron chi connectivity index (χ3n) is 6.44. The first-order valence-corrected chi connectivity index (χ1v) is 11.8. The minimum atomic E-state index is -1.19. The van der Waals surface area contributed by atoms with Crippen molar-refractivity contribution in [2.45, 2.75) is 51.7 Å². The smallest absolute Gasteiger partial charge is 0.408 e. The van der Waals surface area contributed by atoms with E-state index >= 15 is 0 Å². The number of amides is 1. The van der Waals surface area contributed by atoms with Crippen LogP contribution in [0.2, 0.25) is 0 Å². The Bertz CT molecular complexity index is 1340. The Hall–Kier alpha value is -4.00. The molecule has 198 valence electrons. The van der Waals surface area contributed by atoms with E-state index in [-0.39, 0.29) is 17.9 Å². The zero-order chi connectivity index (χ0) is 27.1. The van der Waals surface area contributed by atoms with Gasteiger partial charge in [-0.25, -0.2) is 18.7 Å². The molecule has 0 aliphatic carbocycles. The molecule has 2 atom stereocenters. The molecule has 1 unspecified atom stereocenters. The first-order chi connectivity index (χ1) is 17.4. The molecule has 0 spiro atoms. The third kappa shape index (κ3) is 4.99. The number of nitro groups is 1. The highest BCUT2D eigenvalue weighted by Crippen LogP contribution is 2.38. The number of nitrogens with zero attached hydrogens (tertiary/aromatic N) is 6. The topological polar surface area (TPSA) is 147 Å². The van der Waals surface area contributed by atoms with Crippen molar-refractivity contribution in [2.75, 3.05) is 24.7 Å². The number of aliphatic hydroxyl groups is 1. The summed E-state index contributed by atoms with van der Waals surface area (Å²) in [5.74, 6) is 0.386. The van der Waals surface area contributed by atoms with E-state index in [0.29, 0.717) is 30.1 Å². The van der Waals surface area contributed by atoms with E-state index in [9.17, 15) is 29.5 Å². The van der Waals surface area contributed by atoms with E-state index < -0.39 is 41.1 Å². The van der Waals surface area contributed by atoms with Crippen molar-refractivity contribution in [3.63, 3.8) is 0 Å². The molecule has 3 heterocycles. The number of hydrogen-bond donors (Lipinski definition) is 2. The zero-order valence-corrected chi connectivity index (χ0v) is 21.0. The number of halogens is 1. The maximum atomic E-state index is 14.4. The molecule has 1 aliphatic heterocycles. The Kier molecular flexibility index (Phi) is 6.91. The van der Waals surface area contributed by atoms with Crippen LogP contribution in [0.1, 0.15) is 44.9 Å². The number of ether oxygens (including phenoxy) is 1. The number of aliphatic hydroxyl groups excluding tert-OH is 1. The zero-order valence-electron chi connectivity index (χ0n) is 21.0. The van der Waals surface area contributed by atoms with Crippen molar-refractivity contribution in [3.8, 4) is 5.75 Å². The molecular weight excluding hydrogens is 487 g/mol. The summed E-state index contributed by atoms with van der Waals surface area (Å²) in [5, 5.41) is 35.0. The molecule has 2 aromatic heterocycles. The number of fused-ring (bicyclic) bond motifs is 2. The average molecular weight is 517 g/mol. The second-order valence-electron chi connectivity index (χ2n) is 9.92. The van der Waals surface area contributed by atoms with E-state index in [1.165, 1.54) is 22.7 Å². The van der Waals surface area contributed by atoms with Gasteiger partial charge in [-0.05, 0) is 52.3 Å². The molecule has 37 heavy (non-hydrogen) atoms. The van der Waals surface area contributed by atoms with Crippen LogP contribution in [-0.4, -0.2) is 72.1 Å². The number of aromatic nitrogens is 3. The minimum Gasteiger partial charge on any atom is -0.491 e. The van der Waals surface area contributed by atoms with Gasteiger partial charge in [0.05, 0.1) is 23.6 Å². The summed E-state index contributed by atoms with van der Waals surface area (Å²) in [6.07, 6.45) is 2.29. The van der Waals surface area contributed by atoms with E-state index in [1.807, 2.05) is 11.8 Å². The average Bonchev–Trinajstić information content (AvgIpc) is 3.42. The molecule has 13 heteroatoms. The Morgan fingerprint density at radius 1 is 1.38 bits per heavy atom. The van der Waals surface area contributed by atoms with Crippen LogP contribution < -0.4 is 9.64 Å². The summed E-state index contributed by atoms with van der Waals surface area (Å²) in [4.78, 5) is 30.3. The number of hydrogen-bond acceptors (Lipinski definition) is 8. The molecule has 1 aliphatic rings. The molecule has 12 nitrogen and oxygen atoms in total. The van der Waals surface area contributed by atoms with Crippen molar-refractivity contribution >= 4 is 23.2 Å². The molecule has 4 rings (SSSR count). The van der Waals surface area contributed by atoms with Gasteiger partial charge in [0.2, 0.25) is 5.65 Å².